The van der Waals surface area contributed by atoms with Gasteiger partial charge < -0.3 is 15.0 Å². The lowest BCUT2D eigenvalue weighted by Gasteiger charge is -2.38. The highest BCUT2D eigenvalue weighted by atomic mass is 32.1. The van der Waals surface area contributed by atoms with Crippen molar-refractivity contribution in [2.24, 2.45) is 11.8 Å². The van der Waals surface area contributed by atoms with Crippen LogP contribution in [0.2, 0.25) is 0 Å². The molecule has 0 aromatic carbocycles. The Morgan fingerprint density at radius 2 is 2.00 bits per heavy atom. The lowest BCUT2D eigenvalue weighted by molar-refractivity contribution is 0.0473. The maximum atomic E-state index is 12.0. The number of carbonyl (C=O) groups is 1. The lowest BCUT2D eigenvalue weighted by Crippen LogP contribution is -2.53. The minimum atomic E-state index is -0.440. The zero-order valence-corrected chi connectivity index (χ0v) is 14.6. The third-order valence-corrected chi connectivity index (χ3v) is 5.41. The molecule has 1 saturated heterocycles. The second-order valence-electron chi connectivity index (χ2n) is 7.39. The molecule has 0 spiro atoms. The molecule has 2 atom stereocenters. The van der Waals surface area contributed by atoms with Crippen LogP contribution in [-0.2, 0) is 4.74 Å². The normalized spacial score (nSPS) is 27.8. The van der Waals surface area contributed by atoms with E-state index in [1.165, 1.54) is 17.8 Å². The van der Waals surface area contributed by atoms with E-state index in [2.05, 4.69) is 15.2 Å². The van der Waals surface area contributed by atoms with E-state index < -0.39 is 5.60 Å². The lowest BCUT2D eigenvalue weighted by atomic mass is 9.92. The van der Waals surface area contributed by atoms with Gasteiger partial charge in [0.05, 0.1) is 11.2 Å². The fraction of sp³-hybridized carbons (Fsp3) is 0.750. The highest BCUT2D eigenvalue weighted by molar-refractivity contribution is 7.15. The molecular weight excluding hydrogens is 298 g/mol. The Kier molecular flexibility index (Phi) is 4.05. The third-order valence-electron chi connectivity index (χ3n) is 4.44. The van der Waals surface area contributed by atoms with Gasteiger partial charge in [-0.3, -0.25) is 0 Å². The second-order valence-corrected chi connectivity index (χ2v) is 8.61. The third kappa shape index (κ3) is 3.37. The summed E-state index contributed by atoms with van der Waals surface area (Å²) >= 11 is 1.75. The van der Waals surface area contributed by atoms with Crippen molar-refractivity contribution in [3.8, 4) is 0 Å². The zero-order valence-electron chi connectivity index (χ0n) is 13.8. The Bertz CT molecular complexity index is 538. The molecule has 1 amide bonds. The molecule has 6 heteroatoms. The van der Waals surface area contributed by atoms with Gasteiger partial charge in [-0.2, -0.15) is 0 Å². The number of alkyl carbamates (subject to hydrolysis) is 1. The van der Waals surface area contributed by atoms with Crippen molar-refractivity contribution in [2.45, 2.75) is 52.2 Å². The quantitative estimate of drug-likeness (QED) is 0.908. The first-order valence-electron chi connectivity index (χ1n) is 7.99. The standard InChI is InChI=1S/C16H25N3O2S/c1-10-17-7-13(22-10)19-8-11-5-6-12(9-19)14(11)18-15(20)21-16(2,3)4/h7,11-12,14H,5-6,8-9H2,1-4H3,(H,18,20). The smallest absolute Gasteiger partial charge is 0.407 e. The number of nitrogens with zero attached hydrogens (tertiary/aromatic N) is 2. The van der Waals surface area contributed by atoms with Crippen molar-refractivity contribution in [3.63, 3.8) is 0 Å². The predicted octanol–water partition coefficient (Wildman–Crippen LogP) is 3.19. The van der Waals surface area contributed by atoms with Gasteiger partial charge in [-0.15, -0.1) is 11.3 Å². The number of piperidine rings is 1. The van der Waals surface area contributed by atoms with E-state index >= 15 is 0 Å². The molecule has 1 N–H and O–H groups in total. The molecule has 122 valence electrons. The average Bonchev–Trinajstić information content (AvgIpc) is 2.89. The summed E-state index contributed by atoms with van der Waals surface area (Å²) in [7, 11) is 0. The molecule has 3 rings (SSSR count). The first kappa shape index (κ1) is 15.6. The maximum absolute atomic E-state index is 12.0. The van der Waals surface area contributed by atoms with Crippen LogP contribution in [0.25, 0.3) is 0 Å². The highest BCUT2D eigenvalue weighted by Crippen LogP contribution is 2.40. The molecule has 2 fully saturated rings. The van der Waals surface area contributed by atoms with Crippen LogP contribution in [0.1, 0.15) is 38.6 Å². The van der Waals surface area contributed by atoms with Crippen molar-refractivity contribution >= 4 is 22.4 Å². The van der Waals surface area contributed by atoms with E-state index in [9.17, 15) is 4.79 Å². The van der Waals surface area contributed by atoms with Gasteiger partial charge in [0.25, 0.3) is 0 Å². The van der Waals surface area contributed by atoms with Gasteiger partial charge in [-0.05, 0) is 52.4 Å². The van der Waals surface area contributed by atoms with Crippen LogP contribution in [-0.4, -0.2) is 35.8 Å². The summed E-state index contributed by atoms with van der Waals surface area (Å²) in [5, 5.41) is 5.48. The predicted molar refractivity (Wildman–Crippen MR) is 88.4 cm³/mol. The number of hydrogen-bond donors (Lipinski definition) is 1. The Morgan fingerprint density at radius 1 is 1.36 bits per heavy atom. The highest BCUT2D eigenvalue weighted by Gasteiger charge is 2.43. The number of aromatic nitrogens is 1. The second kappa shape index (κ2) is 5.72. The molecule has 2 unspecified atom stereocenters. The van der Waals surface area contributed by atoms with E-state index in [4.69, 9.17) is 4.74 Å². The number of anilines is 1. The molecule has 2 bridgehead atoms. The van der Waals surface area contributed by atoms with Gasteiger partial charge in [0.2, 0.25) is 0 Å². The van der Waals surface area contributed by atoms with E-state index in [0.717, 1.165) is 18.1 Å². The van der Waals surface area contributed by atoms with Gasteiger partial charge >= 0.3 is 6.09 Å². The number of carbonyl (C=O) groups excluding carboxylic acids is 1. The molecule has 22 heavy (non-hydrogen) atoms. The summed E-state index contributed by atoms with van der Waals surface area (Å²) < 4.78 is 5.41. The van der Waals surface area contributed by atoms with Crippen molar-refractivity contribution < 1.29 is 9.53 Å². The van der Waals surface area contributed by atoms with Crippen LogP contribution < -0.4 is 10.2 Å². The Balaban J connectivity index is 1.62. The number of rotatable bonds is 2. The average molecular weight is 323 g/mol. The Morgan fingerprint density at radius 3 is 2.50 bits per heavy atom. The summed E-state index contributed by atoms with van der Waals surface area (Å²) in [6, 6.07) is 0.250. The molecule has 1 aliphatic carbocycles. The summed E-state index contributed by atoms with van der Waals surface area (Å²) in [4.78, 5) is 18.8. The van der Waals surface area contributed by atoms with Gasteiger partial charge in [0.15, 0.2) is 0 Å². The Hall–Kier alpha value is -1.30. The minimum absolute atomic E-state index is 0.250. The molecule has 2 heterocycles. The van der Waals surface area contributed by atoms with E-state index in [0.29, 0.717) is 11.8 Å². The molecule has 1 aliphatic heterocycles. The summed E-state index contributed by atoms with van der Waals surface area (Å²) in [6.45, 7) is 9.73. The van der Waals surface area contributed by atoms with Crippen LogP contribution in [0.4, 0.5) is 9.80 Å². The Labute approximate surface area is 136 Å². The summed E-state index contributed by atoms with van der Waals surface area (Å²) in [5.41, 5.74) is -0.440. The van der Waals surface area contributed by atoms with E-state index in [1.54, 1.807) is 11.3 Å². The van der Waals surface area contributed by atoms with Crippen LogP contribution in [0.3, 0.4) is 0 Å². The van der Waals surface area contributed by atoms with Gasteiger partial charge in [-0.25, -0.2) is 9.78 Å². The van der Waals surface area contributed by atoms with Crippen LogP contribution >= 0.6 is 11.3 Å². The van der Waals surface area contributed by atoms with E-state index in [1.807, 2.05) is 33.9 Å². The molecule has 0 radical (unpaired) electrons. The van der Waals surface area contributed by atoms with E-state index in [-0.39, 0.29) is 12.1 Å². The van der Waals surface area contributed by atoms with Crippen LogP contribution in [0.15, 0.2) is 6.20 Å². The van der Waals surface area contributed by atoms with Crippen molar-refractivity contribution in [3.05, 3.63) is 11.2 Å². The zero-order chi connectivity index (χ0) is 15.9. The monoisotopic (exact) mass is 323 g/mol. The molecule has 2 aliphatic rings. The number of ether oxygens (including phenoxy) is 1. The molecule has 1 aromatic rings. The maximum Gasteiger partial charge on any atom is 0.407 e. The number of fused-ring (bicyclic) bond motifs is 2. The first-order chi connectivity index (χ1) is 10.3. The summed E-state index contributed by atoms with van der Waals surface area (Å²) in [5.74, 6) is 1.02. The van der Waals surface area contributed by atoms with Crippen molar-refractivity contribution in [1.29, 1.82) is 0 Å². The number of amides is 1. The SMILES string of the molecule is Cc1ncc(N2CC3CCC(C2)C3NC(=O)OC(C)(C)C)s1. The topological polar surface area (TPSA) is 54.5 Å². The fourth-order valence-electron chi connectivity index (χ4n) is 3.58. The minimum Gasteiger partial charge on any atom is -0.444 e. The van der Waals surface area contributed by atoms with Crippen LogP contribution in [0, 0.1) is 18.8 Å². The number of aryl methyl sites for hydroxylation is 1. The number of nitrogens with one attached hydrogen (secondary N) is 1. The van der Waals surface area contributed by atoms with Crippen LogP contribution in [0.5, 0.6) is 0 Å². The molecular formula is C16H25N3O2S. The largest absolute Gasteiger partial charge is 0.444 e. The molecule has 5 nitrogen and oxygen atoms in total. The summed E-state index contributed by atoms with van der Waals surface area (Å²) in [6.07, 6.45) is 4.05. The van der Waals surface area contributed by atoms with Gasteiger partial charge in [0, 0.05) is 19.1 Å². The van der Waals surface area contributed by atoms with Crippen molar-refractivity contribution in [1.82, 2.24) is 10.3 Å². The van der Waals surface area contributed by atoms with Gasteiger partial charge in [-0.1, -0.05) is 0 Å². The fourth-order valence-corrected chi connectivity index (χ4v) is 4.37. The van der Waals surface area contributed by atoms with Gasteiger partial charge in [0.1, 0.15) is 10.6 Å². The molecule has 1 saturated carbocycles. The molecule has 1 aromatic heterocycles. The number of hydrogen-bond acceptors (Lipinski definition) is 5. The van der Waals surface area contributed by atoms with Crippen molar-refractivity contribution in [2.75, 3.05) is 18.0 Å². The first-order valence-corrected chi connectivity index (χ1v) is 8.80. The number of thiazole rings is 1.